The predicted octanol–water partition coefficient (Wildman–Crippen LogP) is -0.0646. The van der Waals surface area contributed by atoms with Crippen molar-refractivity contribution in [1.29, 1.82) is 0 Å². The van der Waals surface area contributed by atoms with Crippen molar-refractivity contribution in [2.45, 2.75) is 13.5 Å². The quantitative estimate of drug-likeness (QED) is 0.658. The van der Waals surface area contributed by atoms with E-state index in [0.717, 1.165) is 18.8 Å². The van der Waals surface area contributed by atoms with Gasteiger partial charge in [-0.1, -0.05) is 0 Å². The fraction of sp³-hybridized carbons (Fsp3) is 0.667. The van der Waals surface area contributed by atoms with Crippen LogP contribution in [0.1, 0.15) is 6.92 Å². The van der Waals surface area contributed by atoms with Gasteiger partial charge in [0.15, 0.2) is 0 Å². The Labute approximate surface area is 108 Å². The molecule has 102 valence electrons. The standard InChI is InChI=1S/C12H22N4O2/c1-4-18-8-6-13-5-7-16-12(17)9-11(10-14-16)15(2)3/h9-10,13H,4-8H2,1-3H3. The van der Waals surface area contributed by atoms with Gasteiger partial charge in [-0.05, 0) is 6.92 Å². The summed E-state index contributed by atoms with van der Waals surface area (Å²) in [7, 11) is 3.77. The van der Waals surface area contributed by atoms with Gasteiger partial charge in [0.2, 0.25) is 0 Å². The molecule has 0 saturated carbocycles. The number of aromatic nitrogens is 2. The molecule has 6 nitrogen and oxygen atoms in total. The van der Waals surface area contributed by atoms with Crippen LogP contribution in [0.15, 0.2) is 17.1 Å². The van der Waals surface area contributed by atoms with E-state index < -0.39 is 0 Å². The van der Waals surface area contributed by atoms with Gasteiger partial charge in [0, 0.05) is 39.9 Å². The minimum atomic E-state index is -0.0761. The van der Waals surface area contributed by atoms with Crippen molar-refractivity contribution in [3.8, 4) is 0 Å². The van der Waals surface area contributed by atoms with E-state index >= 15 is 0 Å². The third kappa shape index (κ3) is 4.85. The summed E-state index contributed by atoms with van der Waals surface area (Å²) in [6.45, 7) is 5.46. The molecular weight excluding hydrogens is 232 g/mol. The van der Waals surface area contributed by atoms with Gasteiger partial charge in [0.05, 0.1) is 25.0 Å². The van der Waals surface area contributed by atoms with Crippen LogP contribution in [-0.4, -0.2) is 50.2 Å². The number of anilines is 1. The molecule has 0 aliphatic carbocycles. The molecular formula is C12H22N4O2. The predicted molar refractivity (Wildman–Crippen MR) is 72.2 cm³/mol. The lowest BCUT2D eigenvalue weighted by Crippen LogP contribution is -2.30. The molecule has 0 spiro atoms. The zero-order chi connectivity index (χ0) is 13.4. The lowest BCUT2D eigenvalue weighted by Gasteiger charge is -2.12. The van der Waals surface area contributed by atoms with Crippen LogP contribution in [0, 0.1) is 0 Å². The van der Waals surface area contributed by atoms with Crippen LogP contribution in [0.3, 0.4) is 0 Å². The lowest BCUT2D eigenvalue weighted by molar-refractivity contribution is 0.149. The number of nitrogens with one attached hydrogen (secondary N) is 1. The Balaban J connectivity index is 2.37. The van der Waals surface area contributed by atoms with E-state index in [2.05, 4.69) is 10.4 Å². The summed E-state index contributed by atoms with van der Waals surface area (Å²) in [6, 6.07) is 1.59. The van der Waals surface area contributed by atoms with Crippen molar-refractivity contribution in [2.24, 2.45) is 0 Å². The molecule has 1 heterocycles. The Morgan fingerprint density at radius 2 is 2.22 bits per heavy atom. The number of hydrogen-bond donors (Lipinski definition) is 1. The Hall–Kier alpha value is -1.40. The van der Waals surface area contributed by atoms with Crippen molar-refractivity contribution >= 4 is 5.69 Å². The third-order valence-corrected chi connectivity index (χ3v) is 2.50. The Morgan fingerprint density at radius 1 is 1.44 bits per heavy atom. The second kappa shape index (κ2) is 7.84. The molecule has 0 amide bonds. The average molecular weight is 254 g/mol. The van der Waals surface area contributed by atoms with E-state index in [1.165, 1.54) is 4.68 Å². The fourth-order valence-electron chi connectivity index (χ4n) is 1.44. The zero-order valence-corrected chi connectivity index (χ0v) is 11.3. The first-order chi connectivity index (χ1) is 8.65. The average Bonchev–Trinajstić information content (AvgIpc) is 2.35. The van der Waals surface area contributed by atoms with Gasteiger partial charge in [-0.3, -0.25) is 4.79 Å². The Bertz CT molecular complexity index is 403. The Kier molecular flexibility index (Phi) is 6.38. The highest BCUT2D eigenvalue weighted by Gasteiger charge is 2.01. The highest BCUT2D eigenvalue weighted by atomic mass is 16.5. The van der Waals surface area contributed by atoms with Crippen LogP contribution >= 0.6 is 0 Å². The summed E-state index contributed by atoms with van der Waals surface area (Å²) in [5.41, 5.74) is 0.744. The molecule has 1 aromatic heterocycles. The van der Waals surface area contributed by atoms with Gasteiger partial charge in [-0.15, -0.1) is 0 Å². The minimum absolute atomic E-state index is 0.0761. The zero-order valence-electron chi connectivity index (χ0n) is 11.3. The van der Waals surface area contributed by atoms with Crippen molar-refractivity contribution in [2.75, 3.05) is 45.3 Å². The monoisotopic (exact) mass is 254 g/mol. The normalized spacial score (nSPS) is 10.6. The number of ether oxygens (including phenoxy) is 1. The van der Waals surface area contributed by atoms with Crippen molar-refractivity contribution in [3.05, 3.63) is 22.6 Å². The van der Waals surface area contributed by atoms with Crippen molar-refractivity contribution < 1.29 is 4.74 Å². The van der Waals surface area contributed by atoms with Crippen molar-refractivity contribution in [3.63, 3.8) is 0 Å². The fourth-order valence-corrected chi connectivity index (χ4v) is 1.44. The first kappa shape index (κ1) is 14.7. The minimum Gasteiger partial charge on any atom is -0.380 e. The highest BCUT2D eigenvalue weighted by Crippen LogP contribution is 2.02. The van der Waals surface area contributed by atoms with Crippen LogP contribution in [0.5, 0.6) is 0 Å². The van der Waals surface area contributed by atoms with Gasteiger partial charge in [0.25, 0.3) is 5.56 Å². The molecule has 0 radical (unpaired) electrons. The van der Waals surface area contributed by atoms with Crippen LogP contribution in [-0.2, 0) is 11.3 Å². The molecule has 0 atom stereocenters. The highest BCUT2D eigenvalue weighted by molar-refractivity contribution is 5.40. The largest absolute Gasteiger partial charge is 0.380 e. The maximum atomic E-state index is 11.7. The second-order valence-electron chi connectivity index (χ2n) is 4.12. The van der Waals surface area contributed by atoms with Gasteiger partial charge >= 0.3 is 0 Å². The van der Waals surface area contributed by atoms with Crippen molar-refractivity contribution in [1.82, 2.24) is 15.1 Å². The molecule has 1 rings (SSSR count). The SMILES string of the molecule is CCOCCNCCn1ncc(N(C)C)cc1=O. The van der Waals surface area contributed by atoms with Crippen LogP contribution < -0.4 is 15.8 Å². The molecule has 1 N–H and O–H groups in total. The van der Waals surface area contributed by atoms with Crippen LogP contribution in [0.2, 0.25) is 0 Å². The molecule has 0 aliphatic heterocycles. The van der Waals surface area contributed by atoms with E-state index in [-0.39, 0.29) is 5.56 Å². The van der Waals surface area contributed by atoms with E-state index in [9.17, 15) is 4.79 Å². The summed E-state index contributed by atoms with van der Waals surface area (Å²) in [5.74, 6) is 0. The van der Waals surface area contributed by atoms with Gasteiger partial charge in [-0.25, -0.2) is 4.68 Å². The first-order valence-electron chi connectivity index (χ1n) is 6.18. The molecule has 0 fully saturated rings. The molecule has 0 aliphatic rings. The third-order valence-electron chi connectivity index (χ3n) is 2.50. The van der Waals surface area contributed by atoms with E-state index in [4.69, 9.17) is 4.74 Å². The van der Waals surface area contributed by atoms with Crippen LogP contribution in [0.4, 0.5) is 5.69 Å². The summed E-state index contributed by atoms with van der Waals surface area (Å²) in [4.78, 5) is 13.6. The summed E-state index contributed by atoms with van der Waals surface area (Å²) in [5, 5.41) is 7.32. The molecule has 0 saturated heterocycles. The molecule has 0 unspecified atom stereocenters. The summed E-state index contributed by atoms with van der Waals surface area (Å²) >= 11 is 0. The smallest absolute Gasteiger partial charge is 0.268 e. The summed E-state index contributed by atoms with van der Waals surface area (Å²) in [6.07, 6.45) is 1.70. The molecule has 6 heteroatoms. The first-order valence-corrected chi connectivity index (χ1v) is 6.18. The van der Waals surface area contributed by atoms with Gasteiger partial charge < -0.3 is 15.0 Å². The van der Waals surface area contributed by atoms with E-state index in [1.807, 2.05) is 25.9 Å². The Morgan fingerprint density at radius 3 is 2.83 bits per heavy atom. The van der Waals surface area contributed by atoms with Gasteiger partial charge in [0.1, 0.15) is 0 Å². The topological polar surface area (TPSA) is 59.4 Å². The second-order valence-corrected chi connectivity index (χ2v) is 4.12. The maximum Gasteiger partial charge on any atom is 0.268 e. The van der Waals surface area contributed by atoms with Crippen LogP contribution in [0.25, 0.3) is 0 Å². The number of nitrogens with zero attached hydrogens (tertiary/aromatic N) is 3. The summed E-state index contributed by atoms with van der Waals surface area (Å²) < 4.78 is 6.66. The molecule has 0 bridgehead atoms. The lowest BCUT2D eigenvalue weighted by atomic mass is 10.4. The van der Waals surface area contributed by atoms with E-state index in [0.29, 0.717) is 19.7 Å². The number of hydrogen-bond acceptors (Lipinski definition) is 5. The van der Waals surface area contributed by atoms with E-state index in [1.54, 1.807) is 12.3 Å². The van der Waals surface area contributed by atoms with Gasteiger partial charge in [-0.2, -0.15) is 5.10 Å². The maximum absolute atomic E-state index is 11.7. The molecule has 0 aromatic carbocycles. The molecule has 1 aromatic rings. The molecule has 18 heavy (non-hydrogen) atoms. The number of rotatable bonds is 8.